The van der Waals surface area contributed by atoms with E-state index in [0.29, 0.717) is 29.7 Å². The van der Waals surface area contributed by atoms with Gasteiger partial charge >= 0.3 is 0 Å². The highest BCUT2D eigenvalue weighted by Gasteiger charge is 2.43. The molecule has 2 saturated carbocycles. The molecular weight excluding hydrogens is 200 g/mol. The smallest absolute Gasteiger partial charge is 0.225 e. The van der Waals surface area contributed by atoms with Crippen molar-refractivity contribution in [3.63, 3.8) is 0 Å². The SMILES string of the molecule is N[C@@H]1CC[C@@H]2CN(C(=O)C3CCCC3)C[C@@H]21. The summed E-state index contributed by atoms with van der Waals surface area (Å²) in [7, 11) is 0. The van der Waals surface area contributed by atoms with E-state index in [4.69, 9.17) is 5.73 Å². The molecule has 3 heteroatoms. The minimum atomic E-state index is 0.343. The summed E-state index contributed by atoms with van der Waals surface area (Å²) in [6, 6.07) is 0.353. The van der Waals surface area contributed by atoms with Gasteiger partial charge in [-0.25, -0.2) is 0 Å². The van der Waals surface area contributed by atoms with Crippen LogP contribution in [0.1, 0.15) is 38.5 Å². The summed E-state index contributed by atoms with van der Waals surface area (Å²) < 4.78 is 0. The molecular formula is C13H22N2O. The number of hydrogen-bond donors (Lipinski definition) is 1. The average Bonchev–Trinajstić information content (AvgIpc) is 2.96. The summed E-state index contributed by atoms with van der Waals surface area (Å²) in [5.41, 5.74) is 6.10. The van der Waals surface area contributed by atoms with Crippen molar-refractivity contribution in [3.05, 3.63) is 0 Å². The third kappa shape index (κ3) is 1.65. The Labute approximate surface area is 97.4 Å². The molecule has 0 bridgehead atoms. The summed E-state index contributed by atoms with van der Waals surface area (Å²) in [4.78, 5) is 14.4. The Morgan fingerprint density at radius 1 is 1.06 bits per heavy atom. The first kappa shape index (κ1) is 10.6. The molecule has 0 aromatic rings. The molecule has 0 aromatic heterocycles. The van der Waals surface area contributed by atoms with E-state index in [1.54, 1.807) is 0 Å². The van der Waals surface area contributed by atoms with Crippen LogP contribution in [0.25, 0.3) is 0 Å². The number of nitrogens with two attached hydrogens (primary N) is 1. The van der Waals surface area contributed by atoms with Crippen LogP contribution in [-0.4, -0.2) is 29.9 Å². The van der Waals surface area contributed by atoms with Crippen molar-refractivity contribution in [1.29, 1.82) is 0 Å². The molecule has 90 valence electrons. The highest BCUT2D eigenvalue weighted by atomic mass is 16.2. The summed E-state index contributed by atoms with van der Waals surface area (Å²) in [6.45, 7) is 1.94. The third-order valence-electron chi connectivity index (χ3n) is 4.93. The van der Waals surface area contributed by atoms with Crippen LogP contribution in [0.5, 0.6) is 0 Å². The maximum absolute atomic E-state index is 12.3. The normalized spacial score (nSPS) is 39.3. The van der Waals surface area contributed by atoms with Gasteiger partial charge in [0.2, 0.25) is 5.91 Å². The molecule has 0 spiro atoms. The van der Waals surface area contributed by atoms with E-state index in [9.17, 15) is 4.79 Å². The van der Waals surface area contributed by atoms with Gasteiger partial charge < -0.3 is 10.6 Å². The Hall–Kier alpha value is -0.570. The van der Waals surface area contributed by atoms with Gasteiger partial charge in [0.15, 0.2) is 0 Å². The maximum Gasteiger partial charge on any atom is 0.225 e. The van der Waals surface area contributed by atoms with Crippen molar-refractivity contribution in [2.75, 3.05) is 13.1 Å². The highest BCUT2D eigenvalue weighted by Crippen LogP contribution is 2.38. The van der Waals surface area contributed by atoms with Crippen molar-refractivity contribution < 1.29 is 4.79 Å². The van der Waals surface area contributed by atoms with Crippen molar-refractivity contribution >= 4 is 5.91 Å². The van der Waals surface area contributed by atoms with Gasteiger partial charge in [-0.3, -0.25) is 4.79 Å². The lowest BCUT2D eigenvalue weighted by atomic mass is 9.98. The van der Waals surface area contributed by atoms with E-state index in [1.165, 1.54) is 25.7 Å². The van der Waals surface area contributed by atoms with E-state index in [0.717, 1.165) is 25.9 Å². The predicted octanol–water partition coefficient (Wildman–Crippen LogP) is 1.37. The molecule has 3 rings (SSSR count). The Bertz CT molecular complexity index is 286. The van der Waals surface area contributed by atoms with Crippen LogP contribution < -0.4 is 5.73 Å². The zero-order valence-electron chi connectivity index (χ0n) is 9.90. The quantitative estimate of drug-likeness (QED) is 0.728. The first-order chi connectivity index (χ1) is 7.75. The number of fused-ring (bicyclic) bond motifs is 1. The summed E-state index contributed by atoms with van der Waals surface area (Å²) in [5.74, 6) is 2.08. The molecule has 0 aromatic carbocycles. The summed E-state index contributed by atoms with van der Waals surface area (Å²) >= 11 is 0. The second-order valence-electron chi connectivity index (χ2n) is 5.89. The molecule has 2 N–H and O–H groups in total. The number of likely N-dealkylation sites (tertiary alicyclic amines) is 1. The molecule has 2 aliphatic carbocycles. The van der Waals surface area contributed by atoms with Crippen LogP contribution in [0, 0.1) is 17.8 Å². The summed E-state index contributed by atoms with van der Waals surface area (Å²) in [5, 5.41) is 0. The van der Waals surface area contributed by atoms with Gasteiger partial charge in [-0.2, -0.15) is 0 Å². The third-order valence-corrected chi connectivity index (χ3v) is 4.93. The molecule has 0 radical (unpaired) electrons. The van der Waals surface area contributed by atoms with Gasteiger partial charge in [0.05, 0.1) is 0 Å². The second kappa shape index (κ2) is 4.02. The minimum absolute atomic E-state index is 0.343. The van der Waals surface area contributed by atoms with Gasteiger partial charge in [-0.1, -0.05) is 12.8 Å². The fourth-order valence-electron chi connectivity index (χ4n) is 3.92. The Morgan fingerprint density at radius 2 is 1.81 bits per heavy atom. The van der Waals surface area contributed by atoms with E-state index < -0.39 is 0 Å². The molecule has 3 fully saturated rings. The second-order valence-corrected chi connectivity index (χ2v) is 5.89. The van der Waals surface area contributed by atoms with Gasteiger partial charge in [0.25, 0.3) is 0 Å². The number of nitrogens with zero attached hydrogens (tertiary/aromatic N) is 1. The van der Waals surface area contributed by atoms with E-state index in [2.05, 4.69) is 4.90 Å². The number of rotatable bonds is 1. The standard InChI is InChI=1S/C13H22N2O/c14-12-6-5-10-7-15(8-11(10)12)13(16)9-3-1-2-4-9/h9-12H,1-8,14H2/t10-,11+,12-/m1/s1. The van der Waals surface area contributed by atoms with E-state index in [1.807, 2.05) is 0 Å². The zero-order valence-corrected chi connectivity index (χ0v) is 9.90. The topological polar surface area (TPSA) is 46.3 Å². The van der Waals surface area contributed by atoms with Crippen molar-refractivity contribution in [3.8, 4) is 0 Å². The highest BCUT2D eigenvalue weighted by molar-refractivity contribution is 5.79. The van der Waals surface area contributed by atoms with E-state index in [-0.39, 0.29) is 0 Å². The maximum atomic E-state index is 12.3. The lowest BCUT2D eigenvalue weighted by molar-refractivity contribution is -0.134. The van der Waals surface area contributed by atoms with Crippen molar-refractivity contribution in [1.82, 2.24) is 4.90 Å². The number of amides is 1. The molecule has 1 amide bonds. The molecule has 16 heavy (non-hydrogen) atoms. The first-order valence-corrected chi connectivity index (χ1v) is 6.80. The molecule has 1 aliphatic heterocycles. The van der Waals surface area contributed by atoms with Crippen LogP contribution in [0.15, 0.2) is 0 Å². The molecule has 0 unspecified atom stereocenters. The number of carbonyl (C=O) groups excluding carboxylic acids is 1. The molecule has 3 atom stereocenters. The lowest BCUT2D eigenvalue weighted by Gasteiger charge is -2.22. The van der Waals surface area contributed by atoms with Gasteiger partial charge in [-0.15, -0.1) is 0 Å². The average molecular weight is 222 g/mol. The van der Waals surface area contributed by atoms with Crippen LogP contribution in [0.4, 0.5) is 0 Å². The fraction of sp³-hybridized carbons (Fsp3) is 0.923. The molecule has 3 aliphatic rings. The Balaban J connectivity index is 1.63. The Morgan fingerprint density at radius 3 is 2.50 bits per heavy atom. The van der Waals surface area contributed by atoms with Crippen LogP contribution >= 0.6 is 0 Å². The van der Waals surface area contributed by atoms with E-state index >= 15 is 0 Å². The predicted molar refractivity (Wildman–Crippen MR) is 62.7 cm³/mol. The summed E-state index contributed by atoms with van der Waals surface area (Å²) in [6.07, 6.45) is 7.14. The first-order valence-electron chi connectivity index (χ1n) is 6.80. The minimum Gasteiger partial charge on any atom is -0.342 e. The molecule has 3 nitrogen and oxygen atoms in total. The van der Waals surface area contributed by atoms with Gasteiger partial charge in [0.1, 0.15) is 0 Å². The van der Waals surface area contributed by atoms with Gasteiger partial charge in [-0.05, 0) is 37.5 Å². The van der Waals surface area contributed by atoms with Crippen molar-refractivity contribution in [2.24, 2.45) is 23.5 Å². The van der Waals surface area contributed by atoms with Crippen LogP contribution in [-0.2, 0) is 4.79 Å². The van der Waals surface area contributed by atoms with Crippen molar-refractivity contribution in [2.45, 2.75) is 44.6 Å². The monoisotopic (exact) mass is 222 g/mol. The molecule has 1 saturated heterocycles. The zero-order chi connectivity index (χ0) is 11.1. The van der Waals surface area contributed by atoms with Crippen LogP contribution in [0.2, 0.25) is 0 Å². The lowest BCUT2D eigenvalue weighted by Crippen LogP contribution is -2.36. The molecule has 1 heterocycles. The fourth-order valence-corrected chi connectivity index (χ4v) is 3.92. The van der Waals surface area contributed by atoms with Gasteiger partial charge in [0, 0.05) is 25.0 Å². The Kier molecular flexibility index (Phi) is 2.66. The number of hydrogen-bond acceptors (Lipinski definition) is 2. The number of carbonyl (C=O) groups is 1. The van der Waals surface area contributed by atoms with Crippen LogP contribution in [0.3, 0.4) is 0 Å². The largest absolute Gasteiger partial charge is 0.342 e.